The summed E-state index contributed by atoms with van der Waals surface area (Å²) in [4.78, 5) is 26.4. The third kappa shape index (κ3) is 2.65. The van der Waals surface area contributed by atoms with Gasteiger partial charge >= 0.3 is 0 Å². The van der Waals surface area contributed by atoms with Crippen molar-refractivity contribution in [2.45, 2.75) is 26.7 Å². The zero-order valence-corrected chi connectivity index (χ0v) is 13.0. The van der Waals surface area contributed by atoms with Crippen molar-refractivity contribution in [2.75, 3.05) is 30.8 Å². The van der Waals surface area contributed by atoms with Gasteiger partial charge in [-0.05, 0) is 18.8 Å². The van der Waals surface area contributed by atoms with Crippen molar-refractivity contribution in [1.82, 2.24) is 5.32 Å². The van der Waals surface area contributed by atoms with Crippen molar-refractivity contribution >= 4 is 33.7 Å². The summed E-state index contributed by atoms with van der Waals surface area (Å²) in [6.07, 6.45) is 2.20. The Kier molecular flexibility index (Phi) is 4.32. The van der Waals surface area contributed by atoms with Crippen LogP contribution in [0.4, 0.5) is 10.7 Å². The van der Waals surface area contributed by atoms with Gasteiger partial charge < -0.3 is 16.0 Å². The first-order valence-electron chi connectivity index (χ1n) is 6.86. The second-order valence-corrected chi connectivity index (χ2v) is 6.33. The van der Waals surface area contributed by atoms with Gasteiger partial charge in [0.05, 0.1) is 16.1 Å². The van der Waals surface area contributed by atoms with E-state index in [1.807, 2.05) is 0 Å². The van der Waals surface area contributed by atoms with Gasteiger partial charge in [-0.2, -0.15) is 0 Å². The van der Waals surface area contributed by atoms with Crippen LogP contribution in [0.15, 0.2) is 0 Å². The average molecular weight is 295 g/mol. The number of nitrogen functional groups attached to an aromatic ring is 1. The number of piperidine rings is 1. The molecule has 1 aliphatic heterocycles. The van der Waals surface area contributed by atoms with Crippen LogP contribution >= 0.6 is 11.3 Å². The van der Waals surface area contributed by atoms with E-state index in [1.165, 1.54) is 18.3 Å². The molecule has 0 unspecified atom stereocenters. The van der Waals surface area contributed by atoms with E-state index >= 15 is 0 Å². The Balaban J connectivity index is 2.43. The van der Waals surface area contributed by atoms with Crippen molar-refractivity contribution in [3.05, 3.63) is 10.4 Å². The normalized spacial score (nSPS) is 16.2. The molecule has 20 heavy (non-hydrogen) atoms. The standard InChI is InChI=1S/C14H21N3O2S/c1-8-4-6-17(7-5-8)14-10(13(19)16-3)11(15)12(20-14)9(2)18/h8H,4-7,15H2,1-3H3,(H,16,19). The molecular formula is C14H21N3O2S. The van der Waals surface area contributed by atoms with Gasteiger partial charge in [0.25, 0.3) is 5.91 Å². The van der Waals surface area contributed by atoms with Gasteiger partial charge in [0.1, 0.15) is 5.00 Å². The average Bonchev–Trinajstić information content (AvgIpc) is 2.76. The van der Waals surface area contributed by atoms with Crippen LogP contribution in [0.25, 0.3) is 0 Å². The topological polar surface area (TPSA) is 75.4 Å². The number of anilines is 2. The summed E-state index contributed by atoms with van der Waals surface area (Å²) in [6, 6.07) is 0. The van der Waals surface area contributed by atoms with Crippen LogP contribution in [-0.2, 0) is 0 Å². The molecule has 0 atom stereocenters. The van der Waals surface area contributed by atoms with Gasteiger partial charge in [-0.3, -0.25) is 9.59 Å². The van der Waals surface area contributed by atoms with Crippen LogP contribution in [-0.4, -0.2) is 31.8 Å². The monoisotopic (exact) mass is 295 g/mol. The number of rotatable bonds is 3. The zero-order chi connectivity index (χ0) is 14.9. The zero-order valence-electron chi connectivity index (χ0n) is 12.2. The minimum absolute atomic E-state index is 0.0886. The molecule has 2 heterocycles. The fourth-order valence-electron chi connectivity index (χ4n) is 2.47. The van der Waals surface area contributed by atoms with E-state index in [4.69, 9.17) is 5.73 Å². The number of hydrogen-bond acceptors (Lipinski definition) is 5. The Labute approximate surface area is 123 Å². The molecule has 1 aromatic heterocycles. The highest BCUT2D eigenvalue weighted by Gasteiger charge is 2.28. The van der Waals surface area contributed by atoms with Gasteiger partial charge in [0.15, 0.2) is 5.78 Å². The highest BCUT2D eigenvalue weighted by atomic mass is 32.1. The van der Waals surface area contributed by atoms with E-state index in [0.717, 1.165) is 30.9 Å². The van der Waals surface area contributed by atoms with Gasteiger partial charge in [0.2, 0.25) is 0 Å². The van der Waals surface area contributed by atoms with E-state index in [1.54, 1.807) is 7.05 Å². The van der Waals surface area contributed by atoms with Crippen molar-refractivity contribution in [3.8, 4) is 0 Å². The first-order valence-corrected chi connectivity index (χ1v) is 7.67. The van der Waals surface area contributed by atoms with Crippen molar-refractivity contribution in [1.29, 1.82) is 0 Å². The summed E-state index contributed by atoms with van der Waals surface area (Å²) < 4.78 is 0. The Hall–Kier alpha value is -1.56. The Bertz CT molecular complexity index is 531. The maximum absolute atomic E-state index is 12.1. The number of nitrogens with zero attached hydrogens (tertiary/aromatic N) is 1. The number of amides is 1. The predicted octanol–water partition coefficient (Wildman–Crippen LogP) is 2.13. The number of thiophene rings is 1. The molecule has 0 bridgehead atoms. The summed E-state index contributed by atoms with van der Waals surface area (Å²) >= 11 is 1.34. The lowest BCUT2D eigenvalue weighted by Crippen LogP contribution is -2.34. The summed E-state index contributed by atoms with van der Waals surface area (Å²) in [6.45, 7) is 5.53. The van der Waals surface area contributed by atoms with Crippen LogP contribution < -0.4 is 16.0 Å². The molecule has 1 fully saturated rings. The molecule has 0 aliphatic carbocycles. The van der Waals surface area contributed by atoms with Gasteiger partial charge in [-0.15, -0.1) is 11.3 Å². The molecule has 110 valence electrons. The molecule has 6 heteroatoms. The summed E-state index contributed by atoms with van der Waals surface area (Å²) in [7, 11) is 1.58. The second kappa shape index (κ2) is 5.83. The molecule has 0 radical (unpaired) electrons. The van der Waals surface area contributed by atoms with Crippen LogP contribution in [0.5, 0.6) is 0 Å². The molecular weight excluding hydrogens is 274 g/mol. The molecule has 1 aromatic rings. The van der Waals surface area contributed by atoms with Gasteiger partial charge in [-0.25, -0.2) is 0 Å². The fraction of sp³-hybridized carbons (Fsp3) is 0.571. The highest BCUT2D eigenvalue weighted by molar-refractivity contribution is 7.19. The maximum Gasteiger partial charge on any atom is 0.256 e. The third-order valence-corrected chi connectivity index (χ3v) is 5.14. The number of ketones is 1. The van der Waals surface area contributed by atoms with Crippen molar-refractivity contribution < 1.29 is 9.59 Å². The highest BCUT2D eigenvalue weighted by Crippen LogP contribution is 2.40. The number of Topliss-reactive ketones (excluding diaryl/α,β-unsaturated/α-hetero) is 1. The second-order valence-electron chi connectivity index (χ2n) is 5.33. The van der Waals surface area contributed by atoms with Crippen LogP contribution in [0, 0.1) is 5.92 Å². The summed E-state index contributed by atoms with van der Waals surface area (Å²) in [5.41, 5.74) is 6.79. The number of carbonyl (C=O) groups is 2. The maximum atomic E-state index is 12.1. The third-order valence-electron chi connectivity index (χ3n) is 3.77. The molecule has 3 N–H and O–H groups in total. The lowest BCUT2D eigenvalue weighted by Gasteiger charge is -2.31. The summed E-state index contributed by atoms with van der Waals surface area (Å²) in [5.74, 6) is 0.397. The number of hydrogen-bond donors (Lipinski definition) is 2. The van der Waals surface area contributed by atoms with E-state index < -0.39 is 0 Å². The van der Waals surface area contributed by atoms with Crippen molar-refractivity contribution in [2.24, 2.45) is 5.92 Å². The first-order chi connectivity index (χ1) is 9.45. The molecule has 0 spiro atoms. The van der Waals surface area contributed by atoms with Gasteiger partial charge in [-0.1, -0.05) is 6.92 Å². The van der Waals surface area contributed by atoms with E-state index in [9.17, 15) is 9.59 Å². The minimum Gasteiger partial charge on any atom is -0.397 e. The molecule has 1 aliphatic rings. The van der Waals surface area contributed by atoms with Gasteiger partial charge in [0, 0.05) is 27.1 Å². The molecule has 0 aromatic carbocycles. The van der Waals surface area contributed by atoms with Crippen LogP contribution in [0.3, 0.4) is 0 Å². The molecule has 5 nitrogen and oxygen atoms in total. The quantitative estimate of drug-likeness (QED) is 0.838. The van der Waals surface area contributed by atoms with E-state index in [-0.39, 0.29) is 11.7 Å². The molecule has 2 rings (SSSR count). The Morgan fingerprint density at radius 1 is 1.35 bits per heavy atom. The summed E-state index contributed by atoms with van der Waals surface area (Å²) in [5, 5.41) is 3.44. The van der Waals surface area contributed by atoms with Crippen LogP contribution in [0.2, 0.25) is 0 Å². The van der Waals surface area contributed by atoms with E-state index in [0.29, 0.717) is 22.0 Å². The largest absolute Gasteiger partial charge is 0.397 e. The minimum atomic E-state index is -0.222. The van der Waals surface area contributed by atoms with Crippen molar-refractivity contribution in [3.63, 3.8) is 0 Å². The number of nitrogens with two attached hydrogens (primary N) is 1. The number of carbonyl (C=O) groups excluding carboxylic acids is 2. The first kappa shape index (κ1) is 14.8. The predicted molar refractivity (Wildman–Crippen MR) is 82.7 cm³/mol. The van der Waals surface area contributed by atoms with Crippen LogP contribution in [0.1, 0.15) is 46.7 Å². The lowest BCUT2D eigenvalue weighted by molar-refractivity contribution is 0.0964. The fourth-order valence-corrected chi connectivity index (χ4v) is 3.64. The molecule has 1 saturated heterocycles. The van der Waals surface area contributed by atoms with E-state index in [2.05, 4.69) is 17.1 Å². The number of nitrogens with one attached hydrogen (secondary N) is 1. The molecule has 1 amide bonds. The Morgan fingerprint density at radius 3 is 2.45 bits per heavy atom. The smallest absolute Gasteiger partial charge is 0.256 e. The Morgan fingerprint density at radius 2 is 1.95 bits per heavy atom. The lowest BCUT2D eigenvalue weighted by atomic mass is 9.99. The molecule has 0 saturated carbocycles. The SMILES string of the molecule is CNC(=O)c1c(N2CCC(C)CC2)sc(C(C)=O)c1N.